The Kier molecular flexibility index (Phi) is 5.78. The van der Waals surface area contributed by atoms with Crippen molar-refractivity contribution in [2.45, 2.75) is 18.9 Å². The number of hydrogen-bond acceptors (Lipinski definition) is 3. The fourth-order valence-electron chi connectivity index (χ4n) is 2.53. The molecule has 23 heavy (non-hydrogen) atoms. The number of carbonyl (C=O) groups is 2. The van der Waals surface area contributed by atoms with Crippen molar-refractivity contribution in [1.82, 2.24) is 15.5 Å². The van der Waals surface area contributed by atoms with Crippen LogP contribution in [0.3, 0.4) is 0 Å². The number of halogens is 1. The Bertz CT molecular complexity index is 567. The van der Waals surface area contributed by atoms with Crippen LogP contribution in [-0.2, 0) is 4.79 Å². The average molecular weight is 322 g/mol. The van der Waals surface area contributed by atoms with Crippen LogP contribution in [0.25, 0.3) is 0 Å². The molecule has 1 aliphatic rings. The minimum absolute atomic E-state index is 0.0500. The zero-order chi connectivity index (χ0) is 16.8. The molecule has 0 unspecified atom stereocenters. The molecular formula is C16H23FN4O2. The fourth-order valence-corrected chi connectivity index (χ4v) is 2.53. The number of likely N-dealkylation sites (tertiary alicyclic amines) is 1. The van der Waals surface area contributed by atoms with Gasteiger partial charge in [-0.2, -0.15) is 0 Å². The molecule has 3 amide bonds. The highest BCUT2D eigenvalue weighted by atomic mass is 19.1. The van der Waals surface area contributed by atoms with Crippen molar-refractivity contribution in [3.8, 4) is 0 Å². The van der Waals surface area contributed by atoms with Gasteiger partial charge in [-0.1, -0.05) is 6.07 Å². The van der Waals surface area contributed by atoms with Crippen LogP contribution in [0.5, 0.6) is 0 Å². The van der Waals surface area contributed by atoms with Crippen LogP contribution in [0.2, 0.25) is 0 Å². The van der Waals surface area contributed by atoms with Gasteiger partial charge >= 0.3 is 6.03 Å². The van der Waals surface area contributed by atoms with E-state index in [1.807, 2.05) is 18.0 Å². The Morgan fingerprint density at radius 2 is 2.26 bits per heavy atom. The number of nitrogens with one attached hydrogen (secondary N) is 2. The standard InChI is InChI=1S/C16H23FN4O2/c1-20(13-6-3-5-12(17)11-13)9-4-8-18-16(23)19-14-7-10-21(2)15(14)22/h3,5-6,11,14H,4,7-10H2,1-2H3,(H2,18,19,23)/t14-/m0/s1. The first-order chi connectivity index (χ1) is 11.0. The summed E-state index contributed by atoms with van der Waals surface area (Å²) < 4.78 is 13.2. The van der Waals surface area contributed by atoms with E-state index in [9.17, 15) is 14.0 Å². The molecular weight excluding hydrogens is 299 g/mol. The lowest BCUT2D eigenvalue weighted by molar-refractivity contribution is -0.128. The number of hydrogen-bond donors (Lipinski definition) is 2. The second kappa shape index (κ2) is 7.80. The highest BCUT2D eigenvalue weighted by Gasteiger charge is 2.29. The first-order valence-electron chi connectivity index (χ1n) is 7.73. The average Bonchev–Trinajstić information content (AvgIpc) is 2.83. The molecule has 126 valence electrons. The van der Waals surface area contributed by atoms with Crippen molar-refractivity contribution in [2.24, 2.45) is 0 Å². The summed E-state index contributed by atoms with van der Waals surface area (Å²) in [5, 5.41) is 5.42. The molecule has 1 heterocycles. The molecule has 1 saturated heterocycles. The molecule has 0 saturated carbocycles. The molecule has 6 nitrogen and oxygen atoms in total. The number of carbonyl (C=O) groups excluding carboxylic acids is 2. The number of anilines is 1. The minimum atomic E-state index is -0.421. The molecule has 7 heteroatoms. The van der Waals surface area contributed by atoms with Crippen molar-refractivity contribution < 1.29 is 14.0 Å². The molecule has 1 aromatic carbocycles. The maximum atomic E-state index is 13.2. The van der Waals surface area contributed by atoms with Gasteiger partial charge in [0.05, 0.1) is 0 Å². The van der Waals surface area contributed by atoms with Gasteiger partial charge in [-0.05, 0) is 31.0 Å². The van der Waals surface area contributed by atoms with Crippen LogP contribution >= 0.6 is 0 Å². The predicted molar refractivity (Wildman–Crippen MR) is 86.9 cm³/mol. The predicted octanol–water partition coefficient (Wildman–Crippen LogP) is 1.18. The number of benzene rings is 1. The Morgan fingerprint density at radius 1 is 1.48 bits per heavy atom. The van der Waals surface area contributed by atoms with E-state index in [0.717, 1.165) is 12.1 Å². The molecule has 2 rings (SSSR count). The summed E-state index contributed by atoms with van der Waals surface area (Å²) in [5.74, 6) is -0.316. The molecule has 0 bridgehead atoms. The summed E-state index contributed by atoms with van der Waals surface area (Å²) >= 11 is 0. The Hall–Kier alpha value is -2.31. The molecule has 2 N–H and O–H groups in total. The van der Waals surface area contributed by atoms with Gasteiger partial charge in [0.15, 0.2) is 0 Å². The Labute approximate surface area is 135 Å². The summed E-state index contributed by atoms with van der Waals surface area (Å²) in [6, 6.07) is 5.64. The lowest BCUT2D eigenvalue weighted by Gasteiger charge is -2.19. The zero-order valence-corrected chi connectivity index (χ0v) is 13.5. The summed E-state index contributed by atoms with van der Waals surface area (Å²) in [7, 11) is 3.60. The maximum absolute atomic E-state index is 13.2. The van der Waals surface area contributed by atoms with Gasteiger partial charge < -0.3 is 20.4 Å². The number of amides is 3. The van der Waals surface area contributed by atoms with E-state index in [4.69, 9.17) is 0 Å². The number of rotatable bonds is 6. The third kappa shape index (κ3) is 4.84. The fraction of sp³-hybridized carbons (Fsp3) is 0.500. The molecule has 1 aromatic rings. The maximum Gasteiger partial charge on any atom is 0.315 e. The first kappa shape index (κ1) is 17.1. The zero-order valence-electron chi connectivity index (χ0n) is 13.5. The number of likely N-dealkylation sites (N-methyl/N-ethyl adjacent to an activating group) is 1. The second-order valence-electron chi connectivity index (χ2n) is 5.76. The molecule has 0 aliphatic carbocycles. The Morgan fingerprint density at radius 3 is 2.91 bits per heavy atom. The van der Waals surface area contributed by atoms with E-state index in [1.54, 1.807) is 18.0 Å². The van der Waals surface area contributed by atoms with Crippen LogP contribution in [0.1, 0.15) is 12.8 Å². The van der Waals surface area contributed by atoms with Crippen LogP contribution < -0.4 is 15.5 Å². The van der Waals surface area contributed by atoms with Crippen molar-refractivity contribution in [1.29, 1.82) is 0 Å². The van der Waals surface area contributed by atoms with Gasteiger partial charge in [-0.15, -0.1) is 0 Å². The van der Waals surface area contributed by atoms with E-state index in [0.29, 0.717) is 26.1 Å². The summed E-state index contributed by atoms with van der Waals surface area (Å²) in [4.78, 5) is 27.0. The van der Waals surface area contributed by atoms with E-state index in [1.165, 1.54) is 12.1 Å². The van der Waals surface area contributed by atoms with E-state index in [2.05, 4.69) is 10.6 Å². The summed E-state index contributed by atoms with van der Waals surface area (Å²) in [6.07, 6.45) is 1.37. The lowest BCUT2D eigenvalue weighted by atomic mass is 10.2. The smallest absolute Gasteiger partial charge is 0.315 e. The SMILES string of the molecule is CN1CC[C@H](NC(=O)NCCCN(C)c2cccc(F)c2)C1=O. The van der Waals surface area contributed by atoms with Gasteiger partial charge in [0, 0.05) is 39.4 Å². The van der Waals surface area contributed by atoms with Gasteiger partial charge in [-0.25, -0.2) is 9.18 Å². The third-order valence-electron chi connectivity index (χ3n) is 3.94. The monoisotopic (exact) mass is 322 g/mol. The van der Waals surface area contributed by atoms with E-state index < -0.39 is 6.04 Å². The highest BCUT2D eigenvalue weighted by Crippen LogP contribution is 2.13. The summed E-state index contributed by atoms with van der Waals surface area (Å²) in [5.41, 5.74) is 0.800. The highest BCUT2D eigenvalue weighted by molar-refractivity contribution is 5.88. The molecule has 1 aliphatic heterocycles. The van der Waals surface area contributed by atoms with Crippen LogP contribution in [0, 0.1) is 5.82 Å². The quantitative estimate of drug-likeness (QED) is 0.773. The minimum Gasteiger partial charge on any atom is -0.374 e. The first-order valence-corrected chi connectivity index (χ1v) is 7.73. The van der Waals surface area contributed by atoms with Crippen LogP contribution in [-0.4, -0.2) is 56.6 Å². The summed E-state index contributed by atoms with van der Waals surface area (Å²) in [6.45, 7) is 1.85. The normalized spacial score (nSPS) is 17.3. The van der Waals surface area contributed by atoms with Crippen molar-refractivity contribution in [3.63, 3.8) is 0 Å². The van der Waals surface area contributed by atoms with Crippen molar-refractivity contribution in [2.75, 3.05) is 38.6 Å². The topological polar surface area (TPSA) is 64.7 Å². The third-order valence-corrected chi connectivity index (χ3v) is 3.94. The van der Waals surface area contributed by atoms with Gasteiger partial charge in [0.2, 0.25) is 5.91 Å². The Balaban J connectivity index is 1.65. The number of urea groups is 1. The molecule has 0 radical (unpaired) electrons. The van der Waals surface area contributed by atoms with Gasteiger partial charge in [0.1, 0.15) is 11.9 Å². The lowest BCUT2D eigenvalue weighted by Crippen LogP contribution is -2.46. The van der Waals surface area contributed by atoms with Gasteiger partial charge in [-0.3, -0.25) is 4.79 Å². The molecule has 0 spiro atoms. The molecule has 1 atom stereocenters. The van der Waals surface area contributed by atoms with Crippen LogP contribution in [0.15, 0.2) is 24.3 Å². The second-order valence-corrected chi connectivity index (χ2v) is 5.76. The van der Waals surface area contributed by atoms with E-state index >= 15 is 0 Å². The molecule has 0 aromatic heterocycles. The van der Waals surface area contributed by atoms with Crippen LogP contribution in [0.4, 0.5) is 14.9 Å². The van der Waals surface area contributed by atoms with Crippen molar-refractivity contribution in [3.05, 3.63) is 30.1 Å². The van der Waals surface area contributed by atoms with Gasteiger partial charge in [0.25, 0.3) is 0 Å². The molecule has 1 fully saturated rings. The van der Waals surface area contributed by atoms with E-state index in [-0.39, 0.29) is 17.8 Å². The largest absolute Gasteiger partial charge is 0.374 e. The number of nitrogens with zero attached hydrogens (tertiary/aromatic N) is 2. The van der Waals surface area contributed by atoms with Crippen molar-refractivity contribution >= 4 is 17.6 Å².